The molecule has 1 aromatic carbocycles. The Bertz CT molecular complexity index is 1150. The van der Waals surface area contributed by atoms with Gasteiger partial charge in [-0.1, -0.05) is 37.0 Å². The molecule has 2 amide bonds. The summed E-state index contributed by atoms with van der Waals surface area (Å²) in [5, 5.41) is 38.3. The number of halogens is 2. The average molecular weight is 623 g/mol. The van der Waals surface area contributed by atoms with Crippen LogP contribution in [0.3, 0.4) is 0 Å². The number of methoxy groups -OCH3 is 1. The van der Waals surface area contributed by atoms with Gasteiger partial charge in [0.25, 0.3) is 11.9 Å². The minimum absolute atomic E-state index is 0.0553. The lowest BCUT2D eigenvalue weighted by atomic mass is 9.95. The number of benzene rings is 1. The van der Waals surface area contributed by atoms with Crippen LogP contribution >= 0.6 is 23.2 Å². The van der Waals surface area contributed by atoms with Crippen molar-refractivity contribution in [2.24, 2.45) is 5.92 Å². The number of carboxylic acids is 2. The number of rotatable bonds is 16. The second-order valence-electron chi connectivity index (χ2n) is 9.03. The maximum atomic E-state index is 13.3. The fourth-order valence-corrected chi connectivity index (χ4v) is 3.59. The lowest BCUT2D eigenvalue weighted by molar-refractivity contribution is -0.170. The summed E-state index contributed by atoms with van der Waals surface area (Å²) in [7, 11) is -1.31. The van der Waals surface area contributed by atoms with Crippen LogP contribution in [-0.2, 0) is 38.0 Å². The standard InChI is InChI=1S/C23H29BCl2N2O13/c1-12(2)8-16(21(34)41-24(38)40-19(32)11-23(37,22(35)36)10-18(30)31)27-28(17(29)6-7-39-3)20(33)14-9-13(25)4-5-15(14)26/h4-5,9,12,16,27,37-38H,6-8,10-11H2,1-3H3,(H,30,31)(H,35,36)/t16-,23?/m0/s1. The normalized spacial score (nSPS) is 13.1. The Kier molecular flexibility index (Phi) is 14.2. The molecule has 0 aliphatic rings. The van der Waals surface area contributed by atoms with Crippen molar-refractivity contribution in [1.82, 2.24) is 10.4 Å². The Hall–Kier alpha value is -3.28. The Morgan fingerprint density at radius 1 is 1.07 bits per heavy atom. The van der Waals surface area contributed by atoms with E-state index in [1.165, 1.54) is 25.3 Å². The van der Waals surface area contributed by atoms with E-state index in [0.717, 1.165) is 0 Å². The zero-order valence-electron chi connectivity index (χ0n) is 22.2. The Labute approximate surface area is 244 Å². The Balaban J connectivity index is 3.15. The van der Waals surface area contributed by atoms with E-state index in [0.29, 0.717) is 5.01 Å². The van der Waals surface area contributed by atoms with Crippen LogP contribution in [0.4, 0.5) is 0 Å². The number of imide groups is 1. The molecule has 2 atom stereocenters. The zero-order chi connectivity index (χ0) is 31.5. The molecular formula is C23H29BCl2N2O13. The Morgan fingerprint density at radius 3 is 2.24 bits per heavy atom. The van der Waals surface area contributed by atoms with Crippen LogP contribution in [0.15, 0.2) is 18.2 Å². The molecule has 0 bridgehead atoms. The van der Waals surface area contributed by atoms with Gasteiger partial charge in [0.2, 0.25) is 5.91 Å². The molecule has 18 heteroatoms. The van der Waals surface area contributed by atoms with Gasteiger partial charge < -0.3 is 34.4 Å². The number of carbonyl (C=O) groups is 6. The molecule has 5 N–H and O–H groups in total. The number of aliphatic hydroxyl groups is 1. The van der Waals surface area contributed by atoms with Crippen LogP contribution in [0, 0.1) is 5.92 Å². The number of hydrogen-bond acceptors (Lipinski definition) is 12. The summed E-state index contributed by atoms with van der Waals surface area (Å²) in [6.07, 6.45) is -3.17. The molecule has 0 fully saturated rings. The molecule has 1 rings (SSSR count). The van der Waals surface area contributed by atoms with Gasteiger partial charge in [0.1, 0.15) is 6.04 Å². The van der Waals surface area contributed by atoms with Crippen LogP contribution in [-0.4, -0.2) is 93.7 Å². The molecule has 0 aliphatic carbocycles. The van der Waals surface area contributed by atoms with Gasteiger partial charge in [-0.15, -0.1) is 0 Å². The van der Waals surface area contributed by atoms with Gasteiger partial charge in [-0.05, 0) is 30.5 Å². The second-order valence-corrected chi connectivity index (χ2v) is 9.87. The molecule has 41 heavy (non-hydrogen) atoms. The summed E-state index contributed by atoms with van der Waals surface area (Å²) < 4.78 is 13.9. The highest BCUT2D eigenvalue weighted by molar-refractivity contribution is 6.40. The van der Waals surface area contributed by atoms with Crippen molar-refractivity contribution in [3.8, 4) is 0 Å². The number of aliphatic carboxylic acids is 2. The monoisotopic (exact) mass is 622 g/mol. The summed E-state index contributed by atoms with van der Waals surface area (Å²) in [5.41, 5.74) is -0.815. The van der Waals surface area contributed by atoms with Crippen molar-refractivity contribution < 1.29 is 63.2 Å². The van der Waals surface area contributed by atoms with Crippen molar-refractivity contribution in [3.05, 3.63) is 33.8 Å². The van der Waals surface area contributed by atoms with Gasteiger partial charge in [0.05, 0.1) is 36.5 Å². The lowest BCUT2D eigenvalue weighted by Gasteiger charge is -2.28. The number of hydrogen-bond donors (Lipinski definition) is 5. The summed E-state index contributed by atoms with van der Waals surface area (Å²) >= 11 is 12.1. The van der Waals surface area contributed by atoms with Gasteiger partial charge in [-0.25, -0.2) is 15.2 Å². The predicted molar refractivity (Wildman–Crippen MR) is 140 cm³/mol. The molecular weight excluding hydrogens is 594 g/mol. The molecule has 0 spiro atoms. The van der Waals surface area contributed by atoms with Gasteiger partial charge in [-0.3, -0.25) is 24.0 Å². The van der Waals surface area contributed by atoms with Crippen molar-refractivity contribution in [2.45, 2.75) is 51.2 Å². The van der Waals surface area contributed by atoms with Crippen LogP contribution in [0.5, 0.6) is 0 Å². The molecule has 226 valence electrons. The molecule has 0 saturated carbocycles. The lowest BCUT2D eigenvalue weighted by Crippen LogP contribution is -2.55. The molecule has 15 nitrogen and oxygen atoms in total. The first-order valence-electron chi connectivity index (χ1n) is 11.8. The second kappa shape index (κ2) is 16.2. The number of nitrogens with one attached hydrogen (secondary N) is 1. The zero-order valence-corrected chi connectivity index (χ0v) is 23.7. The van der Waals surface area contributed by atoms with E-state index in [2.05, 4.69) is 14.7 Å². The quantitative estimate of drug-likeness (QED) is 0.126. The molecule has 1 aromatic rings. The fraction of sp³-hybridized carbons (Fsp3) is 0.478. The fourth-order valence-electron chi connectivity index (χ4n) is 3.22. The van der Waals surface area contributed by atoms with E-state index in [-0.39, 0.29) is 41.0 Å². The highest BCUT2D eigenvalue weighted by Gasteiger charge is 2.43. The van der Waals surface area contributed by atoms with Crippen LogP contribution < -0.4 is 5.43 Å². The first-order valence-corrected chi connectivity index (χ1v) is 12.6. The highest BCUT2D eigenvalue weighted by atomic mass is 35.5. The van der Waals surface area contributed by atoms with E-state index >= 15 is 0 Å². The first kappa shape index (κ1) is 35.8. The molecule has 0 heterocycles. The molecule has 1 unspecified atom stereocenters. The maximum Gasteiger partial charge on any atom is 0.789 e. The van der Waals surface area contributed by atoms with E-state index in [9.17, 15) is 38.9 Å². The van der Waals surface area contributed by atoms with Gasteiger partial charge in [0, 0.05) is 12.1 Å². The van der Waals surface area contributed by atoms with Crippen LogP contribution in [0.1, 0.15) is 49.9 Å². The highest BCUT2D eigenvalue weighted by Crippen LogP contribution is 2.23. The summed E-state index contributed by atoms with van der Waals surface area (Å²) in [6, 6.07) is 2.43. The Morgan fingerprint density at radius 2 is 1.71 bits per heavy atom. The third-order valence-corrected chi connectivity index (χ3v) is 5.70. The van der Waals surface area contributed by atoms with Gasteiger partial charge in [-0.2, -0.15) is 0 Å². The summed E-state index contributed by atoms with van der Waals surface area (Å²) in [5.74, 6) is -8.81. The summed E-state index contributed by atoms with van der Waals surface area (Å²) in [4.78, 5) is 73.1. The minimum atomic E-state index is -3.07. The number of hydrazine groups is 1. The van der Waals surface area contributed by atoms with Crippen molar-refractivity contribution >= 4 is 66.2 Å². The topological polar surface area (TPSA) is 226 Å². The molecule has 0 saturated heterocycles. The number of carbonyl (C=O) groups excluding carboxylic acids is 4. The third kappa shape index (κ3) is 11.6. The number of amides is 2. The van der Waals surface area contributed by atoms with Gasteiger partial charge in [0.15, 0.2) is 5.60 Å². The number of nitrogens with zero attached hydrogens (tertiary/aromatic N) is 1. The minimum Gasteiger partial charge on any atom is -0.481 e. The first-order chi connectivity index (χ1) is 19.0. The van der Waals surface area contributed by atoms with E-state index in [1.54, 1.807) is 13.8 Å². The predicted octanol–water partition coefficient (Wildman–Crippen LogP) is 0.662. The van der Waals surface area contributed by atoms with Crippen LogP contribution in [0.25, 0.3) is 0 Å². The van der Waals surface area contributed by atoms with Gasteiger partial charge >= 0.3 is 25.2 Å². The average Bonchev–Trinajstić information content (AvgIpc) is 2.84. The molecule has 0 aromatic heterocycles. The largest absolute Gasteiger partial charge is 0.789 e. The van der Waals surface area contributed by atoms with E-state index in [4.69, 9.17) is 38.2 Å². The van der Waals surface area contributed by atoms with E-state index < -0.39 is 67.5 Å². The maximum absolute atomic E-state index is 13.3. The summed E-state index contributed by atoms with van der Waals surface area (Å²) in [6.45, 7) is 3.27. The van der Waals surface area contributed by atoms with Crippen molar-refractivity contribution in [1.29, 1.82) is 0 Å². The third-order valence-electron chi connectivity index (χ3n) is 5.14. The van der Waals surface area contributed by atoms with Crippen LogP contribution in [0.2, 0.25) is 10.0 Å². The SMILES string of the molecule is COCCC(=O)N(N[C@@H](CC(C)C)C(=O)OB(O)OC(=O)CC(O)(CC(=O)O)C(=O)O)C(=O)c1cc(Cl)ccc1Cl. The molecule has 0 aliphatic heterocycles. The number of carboxylic acid groups (broad SMARTS) is 2. The van der Waals surface area contributed by atoms with Crippen molar-refractivity contribution in [2.75, 3.05) is 13.7 Å². The van der Waals surface area contributed by atoms with Crippen molar-refractivity contribution in [3.63, 3.8) is 0 Å². The molecule has 0 radical (unpaired) electrons. The number of ether oxygens (including phenoxy) is 1. The smallest absolute Gasteiger partial charge is 0.481 e. The van der Waals surface area contributed by atoms with E-state index in [1.807, 2.05) is 0 Å².